The van der Waals surface area contributed by atoms with Crippen LogP contribution in [0.5, 0.6) is 0 Å². The SMILES string of the molecule is CCCOC(=O)CC(C)c1c[nH]c2ccccc12.[Sn]. The van der Waals surface area contributed by atoms with Crippen LogP contribution in [0.3, 0.4) is 0 Å². The topological polar surface area (TPSA) is 42.1 Å². The van der Waals surface area contributed by atoms with E-state index < -0.39 is 0 Å². The van der Waals surface area contributed by atoms with Crippen LogP contribution in [-0.4, -0.2) is 41.5 Å². The molecule has 4 radical (unpaired) electrons. The first-order valence-corrected chi connectivity index (χ1v) is 6.44. The second-order valence-corrected chi connectivity index (χ2v) is 4.62. The molecule has 1 aromatic carbocycles. The molecule has 19 heavy (non-hydrogen) atoms. The Kier molecular flexibility index (Phi) is 6.41. The van der Waals surface area contributed by atoms with Crippen LogP contribution in [0, 0.1) is 0 Å². The number of para-hydroxylation sites is 1. The van der Waals surface area contributed by atoms with E-state index in [2.05, 4.69) is 18.0 Å². The van der Waals surface area contributed by atoms with Crippen LogP contribution >= 0.6 is 0 Å². The van der Waals surface area contributed by atoms with Gasteiger partial charge in [-0.2, -0.15) is 0 Å². The summed E-state index contributed by atoms with van der Waals surface area (Å²) in [7, 11) is 0. The number of benzene rings is 1. The molecule has 1 unspecified atom stereocenters. The van der Waals surface area contributed by atoms with Gasteiger partial charge in [0.2, 0.25) is 0 Å². The fourth-order valence-electron chi connectivity index (χ4n) is 2.14. The Labute approximate surface area is 130 Å². The number of hydrogen-bond donors (Lipinski definition) is 1. The van der Waals surface area contributed by atoms with Gasteiger partial charge < -0.3 is 9.72 Å². The maximum absolute atomic E-state index is 11.6. The van der Waals surface area contributed by atoms with Crippen LogP contribution in [0.1, 0.15) is 38.2 Å². The number of hydrogen-bond acceptors (Lipinski definition) is 2. The summed E-state index contributed by atoms with van der Waals surface area (Å²) in [5, 5.41) is 1.19. The molecule has 2 rings (SSSR count). The molecule has 0 aliphatic heterocycles. The van der Waals surface area contributed by atoms with Crippen LogP contribution in [0.15, 0.2) is 30.5 Å². The van der Waals surface area contributed by atoms with Gasteiger partial charge in [-0.15, -0.1) is 0 Å². The Morgan fingerprint density at radius 1 is 1.37 bits per heavy atom. The third-order valence-corrected chi connectivity index (χ3v) is 3.09. The summed E-state index contributed by atoms with van der Waals surface area (Å²) in [5.41, 5.74) is 2.29. The first kappa shape index (κ1) is 16.1. The Hall–Kier alpha value is -0.971. The van der Waals surface area contributed by atoms with Gasteiger partial charge in [-0.05, 0) is 24.0 Å². The zero-order chi connectivity index (χ0) is 13.0. The van der Waals surface area contributed by atoms with Crippen molar-refractivity contribution in [3.63, 3.8) is 0 Å². The minimum atomic E-state index is -0.116. The molecule has 100 valence electrons. The van der Waals surface area contributed by atoms with Crippen molar-refractivity contribution in [2.24, 2.45) is 0 Å². The third-order valence-electron chi connectivity index (χ3n) is 3.09. The quantitative estimate of drug-likeness (QED) is 0.654. The van der Waals surface area contributed by atoms with E-state index in [1.165, 1.54) is 10.9 Å². The van der Waals surface area contributed by atoms with Crippen molar-refractivity contribution in [2.45, 2.75) is 32.6 Å². The van der Waals surface area contributed by atoms with E-state index in [4.69, 9.17) is 4.74 Å². The largest absolute Gasteiger partial charge is 0.466 e. The Bertz CT molecular complexity index is 536. The van der Waals surface area contributed by atoms with Gasteiger partial charge in [-0.25, -0.2) is 0 Å². The third kappa shape index (κ3) is 3.99. The van der Waals surface area contributed by atoms with Crippen molar-refractivity contribution in [3.8, 4) is 0 Å². The van der Waals surface area contributed by atoms with E-state index in [0.29, 0.717) is 13.0 Å². The van der Waals surface area contributed by atoms with E-state index in [1.807, 2.05) is 31.3 Å². The van der Waals surface area contributed by atoms with E-state index in [-0.39, 0.29) is 35.8 Å². The molecule has 1 aromatic heterocycles. The average Bonchev–Trinajstić information content (AvgIpc) is 2.80. The van der Waals surface area contributed by atoms with Gasteiger partial charge in [-0.3, -0.25) is 4.79 Å². The zero-order valence-corrected chi connectivity index (χ0v) is 14.3. The fourth-order valence-corrected chi connectivity index (χ4v) is 2.14. The number of ether oxygens (including phenoxy) is 1. The molecule has 0 aliphatic carbocycles. The summed E-state index contributed by atoms with van der Waals surface area (Å²) >= 11 is 0. The number of carbonyl (C=O) groups is 1. The summed E-state index contributed by atoms with van der Waals surface area (Å²) < 4.78 is 5.12. The standard InChI is InChI=1S/C15H19NO2.Sn/c1-3-8-18-15(17)9-11(2)13-10-16-14-7-5-4-6-12(13)14;/h4-7,10-11,16H,3,8-9H2,1-2H3;. The predicted octanol–water partition coefficient (Wildman–Crippen LogP) is 3.23. The van der Waals surface area contributed by atoms with Crippen LogP contribution in [0.25, 0.3) is 10.9 Å². The number of H-pyrrole nitrogens is 1. The van der Waals surface area contributed by atoms with Gasteiger partial charge in [-0.1, -0.05) is 32.0 Å². The Morgan fingerprint density at radius 3 is 2.84 bits per heavy atom. The monoisotopic (exact) mass is 365 g/mol. The van der Waals surface area contributed by atoms with Crippen molar-refractivity contribution in [1.29, 1.82) is 0 Å². The number of nitrogens with one attached hydrogen (secondary N) is 1. The van der Waals surface area contributed by atoms with Gasteiger partial charge in [0, 0.05) is 41.0 Å². The second kappa shape index (κ2) is 7.58. The molecular formula is C15H19NO2Sn. The Balaban J connectivity index is 0.00000180. The van der Waals surface area contributed by atoms with Crippen LogP contribution in [0.2, 0.25) is 0 Å². The number of aromatic nitrogens is 1. The van der Waals surface area contributed by atoms with E-state index in [9.17, 15) is 4.79 Å². The summed E-state index contributed by atoms with van der Waals surface area (Å²) in [5.74, 6) is 0.0557. The molecule has 0 bridgehead atoms. The van der Waals surface area contributed by atoms with Crippen LogP contribution < -0.4 is 0 Å². The van der Waals surface area contributed by atoms with Crippen molar-refractivity contribution in [3.05, 3.63) is 36.0 Å². The van der Waals surface area contributed by atoms with Gasteiger partial charge in [0.05, 0.1) is 13.0 Å². The molecule has 1 atom stereocenters. The molecule has 0 saturated carbocycles. The van der Waals surface area contributed by atoms with Crippen molar-refractivity contribution >= 4 is 40.8 Å². The van der Waals surface area contributed by atoms with Gasteiger partial charge in [0.1, 0.15) is 0 Å². The maximum atomic E-state index is 11.6. The second-order valence-electron chi connectivity index (χ2n) is 4.62. The van der Waals surface area contributed by atoms with E-state index in [0.717, 1.165) is 11.9 Å². The molecule has 0 spiro atoms. The summed E-state index contributed by atoms with van der Waals surface area (Å²) in [6.07, 6.45) is 3.29. The van der Waals surface area contributed by atoms with Gasteiger partial charge in [0.25, 0.3) is 0 Å². The number of fused-ring (bicyclic) bond motifs is 1. The summed E-state index contributed by atoms with van der Waals surface area (Å²) in [6.45, 7) is 4.57. The van der Waals surface area contributed by atoms with Crippen LogP contribution in [0.4, 0.5) is 0 Å². The van der Waals surface area contributed by atoms with E-state index in [1.54, 1.807) is 0 Å². The van der Waals surface area contributed by atoms with Crippen molar-refractivity contribution in [1.82, 2.24) is 4.98 Å². The van der Waals surface area contributed by atoms with Crippen molar-refractivity contribution < 1.29 is 9.53 Å². The molecule has 1 N–H and O–H groups in total. The number of rotatable bonds is 5. The molecule has 2 aromatic rings. The maximum Gasteiger partial charge on any atom is 0.306 e. The summed E-state index contributed by atoms with van der Waals surface area (Å²) in [6, 6.07) is 8.14. The number of carbonyl (C=O) groups excluding carboxylic acids is 1. The van der Waals surface area contributed by atoms with E-state index >= 15 is 0 Å². The van der Waals surface area contributed by atoms with Crippen molar-refractivity contribution in [2.75, 3.05) is 6.61 Å². The first-order chi connectivity index (χ1) is 8.72. The molecule has 3 nitrogen and oxygen atoms in total. The van der Waals surface area contributed by atoms with Gasteiger partial charge in [0.15, 0.2) is 0 Å². The molecule has 0 amide bonds. The molecule has 0 aliphatic rings. The number of aromatic amines is 1. The Morgan fingerprint density at radius 2 is 2.11 bits per heavy atom. The molecular weight excluding hydrogens is 345 g/mol. The van der Waals surface area contributed by atoms with Gasteiger partial charge >= 0.3 is 5.97 Å². The minimum Gasteiger partial charge on any atom is -0.466 e. The molecule has 0 saturated heterocycles. The fraction of sp³-hybridized carbons (Fsp3) is 0.400. The summed E-state index contributed by atoms with van der Waals surface area (Å²) in [4.78, 5) is 14.8. The van der Waals surface area contributed by atoms with Crippen LogP contribution in [-0.2, 0) is 9.53 Å². The average molecular weight is 364 g/mol. The smallest absolute Gasteiger partial charge is 0.306 e. The zero-order valence-electron chi connectivity index (χ0n) is 11.4. The molecule has 0 fully saturated rings. The normalized spacial score (nSPS) is 11.9. The molecule has 4 heteroatoms. The molecule has 1 heterocycles. The minimum absolute atomic E-state index is 0. The number of esters is 1. The predicted molar refractivity (Wildman–Crippen MR) is 78.3 cm³/mol. The first-order valence-electron chi connectivity index (χ1n) is 6.44.